The van der Waals surface area contributed by atoms with E-state index < -0.39 is 0 Å². The Hall–Kier alpha value is -2.53. The van der Waals surface area contributed by atoms with Gasteiger partial charge >= 0.3 is 0 Å². The Balaban J connectivity index is 1.33. The number of aryl methyl sites for hydroxylation is 1. The summed E-state index contributed by atoms with van der Waals surface area (Å²) in [7, 11) is 2.20. The fourth-order valence-electron chi connectivity index (χ4n) is 5.01. The second kappa shape index (κ2) is 9.50. The van der Waals surface area contributed by atoms with Crippen LogP contribution in [0.25, 0.3) is 22.2 Å². The van der Waals surface area contributed by atoms with Crippen molar-refractivity contribution in [3.05, 3.63) is 35.4 Å². The highest BCUT2D eigenvalue weighted by Gasteiger charge is 2.32. The third kappa shape index (κ3) is 4.44. The van der Waals surface area contributed by atoms with Crippen LogP contribution in [0.5, 0.6) is 0 Å². The van der Waals surface area contributed by atoms with Crippen molar-refractivity contribution < 1.29 is 0 Å². The lowest BCUT2D eigenvalue weighted by molar-refractivity contribution is 0.120. The zero-order valence-corrected chi connectivity index (χ0v) is 21.5. The van der Waals surface area contributed by atoms with E-state index >= 15 is 0 Å². The normalized spacial score (nSPS) is 19.9. The average Bonchev–Trinajstić information content (AvgIpc) is 3.49. The summed E-state index contributed by atoms with van der Waals surface area (Å²) in [6.45, 7) is 8.52. The standard InChI is InChI=1S/C24H28ClN9S/c1-3-17-20(25)19-22(29-17)30-24(35-16-12-18-21(28-13-16)27-6-5-26-18)31-23(19)34-7-4-15(14-34)33-10-8-32(2)9-11-33/h5-6,12-13,15H,3-4,7-11,14H2,1-2H3,(H,29,30,31). The van der Waals surface area contributed by atoms with E-state index in [1.165, 1.54) is 11.8 Å². The van der Waals surface area contributed by atoms with Gasteiger partial charge < -0.3 is 14.8 Å². The lowest BCUT2D eigenvalue weighted by Crippen LogP contribution is -2.49. The number of halogens is 1. The number of piperazine rings is 1. The largest absolute Gasteiger partial charge is 0.354 e. The minimum atomic E-state index is 0.538. The minimum Gasteiger partial charge on any atom is -0.354 e. The van der Waals surface area contributed by atoms with E-state index in [9.17, 15) is 0 Å². The summed E-state index contributed by atoms with van der Waals surface area (Å²) < 4.78 is 0. The quantitative estimate of drug-likeness (QED) is 0.406. The molecule has 11 heteroatoms. The van der Waals surface area contributed by atoms with Gasteiger partial charge in [-0.15, -0.1) is 0 Å². The summed E-state index contributed by atoms with van der Waals surface area (Å²) in [4.78, 5) is 34.7. The van der Waals surface area contributed by atoms with Gasteiger partial charge in [0, 0.05) is 74.5 Å². The smallest absolute Gasteiger partial charge is 0.196 e. The van der Waals surface area contributed by atoms with Gasteiger partial charge in [0.25, 0.3) is 0 Å². The van der Waals surface area contributed by atoms with Crippen LogP contribution >= 0.6 is 23.4 Å². The maximum Gasteiger partial charge on any atom is 0.196 e. The number of aromatic amines is 1. The second-order valence-corrected chi connectivity index (χ2v) is 10.6. The number of hydrogen-bond acceptors (Lipinski definition) is 9. The monoisotopic (exact) mass is 509 g/mol. The average molecular weight is 510 g/mol. The Morgan fingerprint density at radius 1 is 1.09 bits per heavy atom. The number of H-pyrrole nitrogens is 1. The second-order valence-electron chi connectivity index (χ2n) is 9.22. The van der Waals surface area contributed by atoms with E-state index in [0.717, 1.165) is 90.1 Å². The van der Waals surface area contributed by atoms with Crippen molar-refractivity contribution >= 4 is 51.4 Å². The number of likely N-dealkylation sites (N-methyl/N-ethyl adjacent to an activating group) is 1. The third-order valence-electron chi connectivity index (χ3n) is 7.00. The predicted molar refractivity (Wildman–Crippen MR) is 139 cm³/mol. The van der Waals surface area contributed by atoms with Crippen LogP contribution in [0.4, 0.5) is 5.82 Å². The lowest BCUT2D eigenvalue weighted by atomic mass is 10.2. The van der Waals surface area contributed by atoms with Gasteiger partial charge in [-0.05, 0) is 37.7 Å². The Bertz CT molecular complexity index is 1370. The topological polar surface area (TPSA) is 90.0 Å². The molecule has 9 nitrogen and oxygen atoms in total. The van der Waals surface area contributed by atoms with E-state index in [2.05, 4.69) is 48.6 Å². The van der Waals surface area contributed by atoms with Crippen molar-refractivity contribution in [1.29, 1.82) is 0 Å². The Labute approximate surface area is 213 Å². The van der Waals surface area contributed by atoms with Crippen molar-refractivity contribution in [3.8, 4) is 0 Å². The summed E-state index contributed by atoms with van der Waals surface area (Å²) in [5, 5.41) is 2.33. The minimum absolute atomic E-state index is 0.538. The van der Waals surface area contributed by atoms with E-state index in [1.807, 2.05) is 6.07 Å². The first-order valence-corrected chi connectivity index (χ1v) is 13.3. The van der Waals surface area contributed by atoms with Gasteiger partial charge in [0.1, 0.15) is 17.0 Å². The van der Waals surface area contributed by atoms with E-state index in [4.69, 9.17) is 21.6 Å². The van der Waals surface area contributed by atoms with E-state index in [1.54, 1.807) is 18.6 Å². The first kappa shape index (κ1) is 22.9. The molecule has 182 valence electrons. The fraction of sp³-hybridized carbons (Fsp3) is 0.458. The van der Waals surface area contributed by atoms with Crippen molar-refractivity contribution in [2.75, 3.05) is 51.2 Å². The number of anilines is 1. The van der Waals surface area contributed by atoms with E-state index in [-0.39, 0.29) is 0 Å². The molecule has 4 aromatic heterocycles. The van der Waals surface area contributed by atoms with Crippen LogP contribution in [-0.2, 0) is 6.42 Å². The first-order valence-electron chi connectivity index (χ1n) is 12.1. The molecular weight excluding hydrogens is 482 g/mol. The SMILES string of the molecule is CCc1[nH]c2nc(Sc3cnc4nccnc4c3)nc(N3CCC(N4CCN(C)CC4)C3)c2c1Cl. The maximum absolute atomic E-state index is 6.83. The molecule has 0 amide bonds. The molecule has 2 saturated heterocycles. The Morgan fingerprint density at radius 3 is 2.74 bits per heavy atom. The van der Waals surface area contributed by atoms with Gasteiger partial charge in [-0.2, -0.15) is 0 Å². The van der Waals surface area contributed by atoms with Gasteiger partial charge in [0.2, 0.25) is 0 Å². The zero-order valence-electron chi connectivity index (χ0n) is 19.9. The van der Waals surface area contributed by atoms with Gasteiger partial charge in [-0.3, -0.25) is 9.88 Å². The molecule has 1 N–H and O–H groups in total. The molecule has 2 aliphatic rings. The molecular formula is C24H28ClN9S. The number of pyridine rings is 1. The summed E-state index contributed by atoms with van der Waals surface area (Å²) in [5.41, 5.74) is 3.17. The fourth-order valence-corrected chi connectivity index (χ4v) is 6.12. The van der Waals surface area contributed by atoms with Crippen molar-refractivity contribution in [1.82, 2.24) is 39.7 Å². The number of nitrogens with zero attached hydrogens (tertiary/aromatic N) is 8. The number of nitrogens with one attached hydrogen (secondary N) is 1. The molecule has 0 bridgehead atoms. The van der Waals surface area contributed by atoms with Gasteiger partial charge in [0.15, 0.2) is 10.8 Å². The van der Waals surface area contributed by atoms with Crippen LogP contribution in [0.15, 0.2) is 34.7 Å². The molecule has 1 unspecified atom stereocenters. The molecule has 1 atom stereocenters. The van der Waals surface area contributed by atoms with Gasteiger partial charge in [0.05, 0.1) is 10.4 Å². The highest BCUT2D eigenvalue weighted by atomic mass is 35.5. The molecule has 4 aromatic rings. The van der Waals surface area contributed by atoms with Crippen molar-refractivity contribution in [2.45, 2.75) is 35.9 Å². The molecule has 0 saturated carbocycles. The third-order valence-corrected chi connectivity index (χ3v) is 8.24. The van der Waals surface area contributed by atoms with Crippen LogP contribution in [-0.4, -0.2) is 92.1 Å². The van der Waals surface area contributed by atoms with Crippen LogP contribution in [0.1, 0.15) is 19.0 Å². The molecule has 6 rings (SSSR count). The number of rotatable bonds is 5. The maximum atomic E-state index is 6.83. The molecule has 6 heterocycles. The molecule has 0 aromatic carbocycles. The van der Waals surface area contributed by atoms with Gasteiger partial charge in [-0.1, -0.05) is 18.5 Å². The first-order chi connectivity index (χ1) is 17.1. The highest BCUT2D eigenvalue weighted by Crippen LogP contribution is 2.38. The molecule has 35 heavy (non-hydrogen) atoms. The summed E-state index contributed by atoms with van der Waals surface area (Å²) in [6.07, 6.45) is 7.07. The van der Waals surface area contributed by atoms with Crippen molar-refractivity contribution in [3.63, 3.8) is 0 Å². The zero-order chi connectivity index (χ0) is 23.9. The summed E-state index contributed by atoms with van der Waals surface area (Å²) in [6, 6.07) is 2.52. The van der Waals surface area contributed by atoms with Crippen LogP contribution in [0, 0.1) is 0 Å². The van der Waals surface area contributed by atoms with Gasteiger partial charge in [-0.25, -0.2) is 19.9 Å². The molecule has 2 fully saturated rings. The van der Waals surface area contributed by atoms with Crippen LogP contribution in [0.3, 0.4) is 0 Å². The van der Waals surface area contributed by atoms with Crippen molar-refractivity contribution in [2.24, 2.45) is 0 Å². The number of aromatic nitrogens is 6. The molecule has 2 aliphatic heterocycles. The Morgan fingerprint density at radius 2 is 1.91 bits per heavy atom. The Kier molecular flexibility index (Phi) is 6.21. The van der Waals surface area contributed by atoms with E-state index in [0.29, 0.717) is 16.8 Å². The van der Waals surface area contributed by atoms with Crippen LogP contribution in [0.2, 0.25) is 5.02 Å². The molecule has 0 radical (unpaired) electrons. The summed E-state index contributed by atoms with van der Waals surface area (Å²) in [5.74, 6) is 0.920. The number of hydrogen-bond donors (Lipinski definition) is 1. The predicted octanol–water partition coefficient (Wildman–Crippen LogP) is 3.49. The van der Waals surface area contributed by atoms with Crippen LogP contribution < -0.4 is 4.90 Å². The highest BCUT2D eigenvalue weighted by molar-refractivity contribution is 7.99. The molecule has 0 aliphatic carbocycles. The number of fused-ring (bicyclic) bond motifs is 2. The summed E-state index contributed by atoms with van der Waals surface area (Å²) >= 11 is 8.32. The lowest BCUT2D eigenvalue weighted by Gasteiger charge is -2.36. The molecule has 0 spiro atoms.